The van der Waals surface area contributed by atoms with Crippen molar-refractivity contribution in [2.75, 3.05) is 11.5 Å². The molecule has 0 radical (unpaired) electrons. The predicted molar refractivity (Wildman–Crippen MR) is 68.3 cm³/mol. The summed E-state index contributed by atoms with van der Waals surface area (Å²) in [6.45, 7) is 0. The first-order valence-electron chi connectivity index (χ1n) is 5.97. The lowest BCUT2D eigenvalue weighted by Gasteiger charge is -2.27. The molecular weight excluding hydrogens is 252 g/mol. The topological polar surface area (TPSA) is 71.4 Å². The van der Waals surface area contributed by atoms with Gasteiger partial charge in [0.25, 0.3) is 0 Å². The van der Waals surface area contributed by atoms with Crippen molar-refractivity contribution in [1.29, 1.82) is 0 Å². The van der Waals surface area contributed by atoms with E-state index in [0.717, 1.165) is 6.29 Å². The highest BCUT2D eigenvalue weighted by Gasteiger charge is 2.32. The van der Waals surface area contributed by atoms with Crippen molar-refractivity contribution >= 4 is 16.1 Å². The molecule has 1 aromatic rings. The van der Waals surface area contributed by atoms with Gasteiger partial charge in [-0.3, -0.25) is 0 Å². The monoisotopic (exact) mass is 268 g/mol. The van der Waals surface area contributed by atoms with Crippen LogP contribution in [0.25, 0.3) is 0 Å². The van der Waals surface area contributed by atoms with Gasteiger partial charge in [0.1, 0.15) is 12.0 Å². The Kier molecular flexibility index (Phi) is 3.71. The van der Waals surface area contributed by atoms with Crippen LogP contribution in [0.3, 0.4) is 0 Å². The molecule has 5 heteroatoms. The van der Waals surface area contributed by atoms with Gasteiger partial charge in [-0.1, -0.05) is 18.2 Å². The van der Waals surface area contributed by atoms with E-state index in [0.29, 0.717) is 18.4 Å². The molecule has 1 aliphatic heterocycles. The summed E-state index contributed by atoms with van der Waals surface area (Å²) >= 11 is 0. The van der Waals surface area contributed by atoms with Crippen LogP contribution in [-0.4, -0.2) is 31.3 Å². The van der Waals surface area contributed by atoms with Crippen LogP contribution in [0.2, 0.25) is 0 Å². The minimum atomic E-state index is -3.05. The molecule has 1 heterocycles. The molecule has 2 atom stereocenters. The predicted octanol–water partition coefficient (Wildman–Crippen LogP) is 1.50. The molecule has 98 valence electrons. The van der Waals surface area contributed by atoms with Crippen molar-refractivity contribution in [3.05, 3.63) is 29.8 Å². The minimum Gasteiger partial charge on any atom is -0.508 e. The number of benzene rings is 1. The quantitative estimate of drug-likeness (QED) is 0.843. The Hall–Kier alpha value is -1.36. The molecule has 4 nitrogen and oxygen atoms in total. The molecule has 0 spiro atoms. The second-order valence-corrected chi connectivity index (χ2v) is 6.97. The fourth-order valence-corrected chi connectivity index (χ4v) is 4.35. The Labute approximate surface area is 107 Å². The van der Waals surface area contributed by atoms with E-state index >= 15 is 0 Å². The van der Waals surface area contributed by atoms with E-state index in [-0.39, 0.29) is 23.2 Å². The second-order valence-electron chi connectivity index (χ2n) is 4.74. The van der Waals surface area contributed by atoms with Gasteiger partial charge in [0.2, 0.25) is 0 Å². The lowest BCUT2D eigenvalue weighted by Crippen LogP contribution is -2.30. The fourth-order valence-electron chi connectivity index (χ4n) is 2.55. The van der Waals surface area contributed by atoms with Crippen molar-refractivity contribution in [3.8, 4) is 5.75 Å². The molecule has 0 saturated carbocycles. The highest BCUT2D eigenvalue weighted by atomic mass is 32.2. The summed E-state index contributed by atoms with van der Waals surface area (Å²) in [6, 6.07) is 6.61. The van der Waals surface area contributed by atoms with Gasteiger partial charge in [-0.05, 0) is 24.8 Å². The van der Waals surface area contributed by atoms with Gasteiger partial charge in [-0.2, -0.15) is 0 Å². The first-order valence-corrected chi connectivity index (χ1v) is 7.79. The number of para-hydroxylation sites is 1. The molecule has 2 rings (SSSR count). The van der Waals surface area contributed by atoms with E-state index in [1.165, 1.54) is 6.07 Å². The largest absolute Gasteiger partial charge is 0.508 e. The number of aldehydes is 1. The Balaban J connectivity index is 2.29. The fraction of sp³-hybridized carbons (Fsp3) is 0.462. The first kappa shape index (κ1) is 13.1. The number of hydrogen-bond acceptors (Lipinski definition) is 4. The summed E-state index contributed by atoms with van der Waals surface area (Å²) in [6.07, 6.45) is 2.04. The molecule has 0 bridgehead atoms. The standard InChI is InChI=1S/C13H16O4S/c14-8-12(11-5-1-2-6-13(11)15)10-4-3-7-18(16,17)9-10/h1-2,5-6,8,10,12,15H,3-4,7,9H2. The summed E-state index contributed by atoms with van der Waals surface area (Å²) < 4.78 is 23.2. The summed E-state index contributed by atoms with van der Waals surface area (Å²) in [7, 11) is -3.05. The molecule has 0 aliphatic carbocycles. The van der Waals surface area contributed by atoms with Gasteiger partial charge in [0, 0.05) is 11.5 Å². The van der Waals surface area contributed by atoms with Crippen LogP contribution in [0.1, 0.15) is 24.3 Å². The summed E-state index contributed by atoms with van der Waals surface area (Å²) in [5.41, 5.74) is 0.523. The highest BCUT2D eigenvalue weighted by molar-refractivity contribution is 7.91. The van der Waals surface area contributed by atoms with Crippen molar-refractivity contribution < 1.29 is 18.3 Å². The molecule has 1 saturated heterocycles. The van der Waals surface area contributed by atoms with Crippen molar-refractivity contribution in [2.24, 2.45) is 5.92 Å². The first-order chi connectivity index (χ1) is 8.53. The van der Waals surface area contributed by atoms with Crippen molar-refractivity contribution in [2.45, 2.75) is 18.8 Å². The Morgan fingerprint density at radius 1 is 1.33 bits per heavy atom. The maximum Gasteiger partial charge on any atom is 0.150 e. The Morgan fingerprint density at radius 2 is 2.06 bits per heavy atom. The molecule has 1 aliphatic rings. The van der Waals surface area contributed by atoms with Gasteiger partial charge >= 0.3 is 0 Å². The zero-order valence-corrected chi connectivity index (χ0v) is 10.8. The average Bonchev–Trinajstić information content (AvgIpc) is 2.31. The third kappa shape index (κ3) is 2.72. The number of hydrogen-bond donors (Lipinski definition) is 1. The van der Waals surface area contributed by atoms with Gasteiger partial charge in [-0.25, -0.2) is 8.42 Å². The number of phenols is 1. The summed E-state index contributed by atoms with van der Waals surface area (Å²) in [5.74, 6) is -0.478. The van der Waals surface area contributed by atoms with Crippen LogP contribution in [-0.2, 0) is 14.6 Å². The van der Waals surface area contributed by atoms with Crippen LogP contribution < -0.4 is 0 Å². The summed E-state index contributed by atoms with van der Waals surface area (Å²) in [4.78, 5) is 11.3. The van der Waals surface area contributed by atoms with Gasteiger partial charge in [-0.15, -0.1) is 0 Å². The zero-order valence-electron chi connectivity index (χ0n) is 9.95. The van der Waals surface area contributed by atoms with E-state index in [4.69, 9.17) is 0 Å². The van der Waals surface area contributed by atoms with E-state index in [1.54, 1.807) is 18.2 Å². The molecule has 0 aromatic heterocycles. The summed E-state index contributed by atoms with van der Waals surface area (Å²) in [5, 5.41) is 9.76. The van der Waals surface area contributed by atoms with E-state index < -0.39 is 15.8 Å². The number of carbonyl (C=O) groups is 1. The highest BCUT2D eigenvalue weighted by Crippen LogP contribution is 2.35. The Morgan fingerprint density at radius 3 is 2.67 bits per heavy atom. The van der Waals surface area contributed by atoms with Crippen LogP contribution in [0.4, 0.5) is 0 Å². The average molecular weight is 268 g/mol. The van der Waals surface area contributed by atoms with E-state index in [2.05, 4.69) is 0 Å². The van der Waals surface area contributed by atoms with Crippen LogP contribution in [0, 0.1) is 5.92 Å². The third-order valence-corrected chi connectivity index (χ3v) is 5.30. The molecule has 2 unspecified atom stereocenters. The smallest absolute Gasteiger partial charge is 0.150 e. The lowest BCUT2D eigenvalue weighted by atomic mass is 9.85. The van der Waals surface area contributed by atoms with Gasteiger partial charge < -0.3 is 9.90 Å². The molecule has 0 amide bonds. The van der Waals surface area contributed by atoms with Crippen LogP contribution in [0.5, 0.6) is 5.75 Å². The second kappa shape index (κ2) is 5.10. The minimum absolute atomic E-state index is 0.0325. The number of sulfone groups is 1. The van der Waals surface area contributed by atoms with Crippen LogP contribution in [0.15, 0.2) is 24.3 Å². The lowest BCUT2D eigenvalue weighted by molar-refractivity contribution is -0.110. The zero-order chi connectivity index (χ0) is 13.2. The number of phenolic OH excluding ortho intramolecular Hbond substituents is 1. The maximum absolute atomic E-state index is 11.6. The van der Waals surface area contributed by atoms with Gasteiger partial charge in [0.05, 0.1) is 11.5 Å². The molecule has 1 N–H and O–H groups in total. The maximum atomic E-state index is 11.6. The normalized spacial score (nSPS) is 24.3. The van der Waals surface area contributed by atoms with Crippen LogP contribution >= 0.6 is 0 Å². The SMILES string of the molecule is O=CC(c1ccccc1O)C1CCCS(=O)(=O)C1. The van der Waals surface area contributed by atoms with Crippen molar-refractivity contribution in [1.82, 2.24) is 0 Å². The van der Waals surface area contributed by atoms with E-state index in [1.807, 2.05) is 0 Å². The Bertz CT molecular complexity index is 536. The number of rotatable bonds is 3. The molecular formula is C13H16O4S. The number of aromatic hydroxyl groups is 1. The van der Waals surface area contributed by atoms with E-state index in [9.17, 15) is 18.3 Å². The number of carbonyl (C=O) groups excluding carboxylic acids is 1. The molecule has 1 aromatic carbocycles. The molecule has 18 heavy (non-hydrogen) atoms. The van der Waals surface area contributed by atoms with Crippen molar-refractivity contribution in [3.63, 3.8) is 0 Å². The van der Waals surface area contributed by atoms with Gasteiger partial charge in [0.15, 0.2) is 9.84 Å². The molecule has 1 fully saturated rings. The third-order valence-electron chi connectivity index (χ3n) is 3.45.